The van der Waals surface area contributed by atoms with Gasteiger partial charge in [0.25, 0.3) is 7.82 Å². The second kappa shape index (κ2) is 50.9. The molecule has 0 saturated heterocycles. The fourth-order valence-electron chi connectivity index (χ4n) is 8.19. The summed E-state index contributed by atoms with van der Waals surface area (Å²) in [7, 11) is 1.22. The minimum atomic E-state index is -4.62. The van der Waals surface area contributed by atoms with E-state index in [1.54, 1.807) is 6.08 Å². The van der Waals surface area contributed by atoms with Crippen LogP contribution in [-0.2, 0) is 18.4 Å². The van der Waals surface area contributed by atoms with Crippen molar-refractivity contribution in [1.82, 2.24) is 5.32 Å². The summed E-state index contributed by atoms with van der Waals surface area (Å²) in [5, 5.41) is 13.8. The monoisotopic (exact) mass is 987 g/mol. The molecule has 8 nitrogen and oxygen atoms in total. The topological polar surface area (TPSA) is 108 Å². The quantitative estimate of drug-likeness (QED) is 0.0272. The van der Waals surface area contributed by atoms with E-state index in [4.69, 9.17) is 9.05 Å². The van der Waals surface area contributed by atoms with Gasteiger partial charge in [-0.25, -0.2) is 0 Å². The molecular formula is C60H111N2O6P. The van der Waals surface area contributed by atoms with E-state index < -0.39 is 26.6 Å². The summed E-state index contributed by atoms with van der Waals surface area (Å²) in [5.41, 5.74) is 0. The molecule has 402 valence electrons. The lowest BCUT2D eigenvalue weighted by molar-refractivity contribution is -0.870. The number of allylic oxidation sites excluding steroid dienone is 11. The van der Waals surface area contributed by atoms with Crippen LogP contribution in [-0.4, -0.2) is 68.5 Å². The Morgan fingerprint density at radius 3 is 1.28 bits per heavy atom. The van der Waals surface area contributed by atoms with Crippen LogP contribution in [0.2, 0.25) is 0 Å². The normalized spacial score (nSPS) is 14.5. The van der Waals surface area contributed by atoms with Crippen molar-refractivity contribution in [3.63, 3.8) is 0 Å². The van der Waals surface area contributed by atoms with Crippen molar-refractivity contribution in [2.45, 2.75) is 264 Å². The molecule has 3 atom stereocenters. The first-order chi connectivity index (χ1) is 33.5. The van der Waals surface area contributed by atoms with Crippen molar-refractivity contribution in [1.29, 1.82) is 0 Å². The van der Waals surface area contributed by atoms with Gasteiger partial charge < -0.3 is 28.8 Å². The van der Waals surface area contributed by atoms with Gasteiger partial charge in [-0.3, -0.25) is 9.36 Å². The van der Waals surface area contributed by atoms with Gasteiger partial charge in [0.1, 0.15) is 13.2 Å². The van der Waals surface area contributed by atoms with Gasteiger partial charge in [0.2, 0.25) is 5.91 Å². The highest BCUT2D eigenvalue weighted by molar-refractivity contribution is 7.45. The van der Waals surface area contributed by atoms with Crippen LogP contribution in [0.15, 0.2) is 72.9 Å². The fraction of sp³-hybridized carbons (Fsp3) is 0.783. The molecule has 0 heterocycles. The van der Waals surface area contributed by atoms with E-state index in [0.717, 1.165) is 57.8 Å². The summed E-state index contributed by atoms with van der Waals surface area (Å²) in [5.74, 6) is -0.254. The van der Waals surface area contributed by atoms with Crippen molar-refractivity contribution in [3.05, 3.63) is 72.9 Å². The number of hydrogen-bond acceptors (Lipinski definition) is 6. The van der Waals surface area contributed by atoms with Crippen LogP contribution in [0.5, 0.6) is 0 Å². The van der Waals surface area contributed by atoms with Gasteiger partial charge in [-0.05, 0) is 57.8 Å². The highest BCUT2D eigenvalue weighted by atomic mass is 31.2. The van der Waals surface area contributed by atoms with Gasteiger partial charge in [0.15, 0.2) is 0 Å². The van der Waals surface area contributed by atoms with Crippen LogP contribution in [0.3, 0.4) is 0 Å². The predicted molar refractivity (Wildman–Crippen MR) is 297 cm³/mol. The maximum absolute atomic E-state index is 12.9. The maximum atomic E-state index is 12.9. The van der Waals surface area contributed by atoms with Gasteiger partial charge in [-0.2, -0.15) is 0 Å². The number of aliphatic hydroxyl groups is 1. The third-order valence-corrected chi connectivity index (χ3v) is 13.6. The number of phosphoric ester groups is 1. The Kier molecular flexibility index (Phi) is 49.3. The van der Waals surface area contributed by atoms with Crippen molar-refractivity contribution < 1.29 is 32.9 Å². The third-order valence-electron chi connectivity index (χ3n) is 12.7. The lowest BCUT2D eigenvalue weighted by atomic mass is 10.0. The molecule has 0 aromatic carbocycles. The predicted octanol–water partition coefficient (Wildman–Crippen LogP) is 16.9. The molecule has 0 bridgehead atoms. The molecule has 0 aliphatic heterocycles. The summed E-state index contributed by atoms with van der Waals surface area (Å²) >= 11 is 0. The number of hydrogen-bond donors (Lipinski definition) is 2. The van der Waals surface area contributed by atoms with Crippen molar-refractivity contribution in [3.8, 4) is 0 Å². The molecule has 0 radical (unpaired) electrons. The first-order valence-electron chi connectivity index (χ1n) is 28.8. The minimum absolute atomic E-state index is 0.0147. The van der Waals surface area contributed by atoms with Crippen LogP contribution < -0.4 is 10.2 Å². The Morgan fingerprint density at radius 2 is 0.884 bits per heavy atom. The fourth-order valence-corrected chi connectivity index (χ4v) is 8.91. The lowest BCUT2D eigenvalue weighted by Gasteiger charge is -2.29. The number of likely N-dealkylation sites (N-methyl/N-ethyl adjacent to an activating group) is 1. The number of rotatable bonds is 52. The summed E-state index contributed by atoms with van der Waals surface area (Å²) in [6.07, 6.45) is 70.0. The number of nitrogens with one attached hydrogen (secondary N) is 1. The summed E-state index contributed by atoms with van der Waals surface area (Å²) in [6.45, 7) is 4.50. The van der Waals surface area contributed by atoms with E-state index >= 15 is 0 Å². The molecule has 0 aliphatic carbocycles. The molecule has 0 spiro atoms. The van der Waals surface area contributed by atoms with Crippen LogP contribution in [0.4, 0.5) is 0 Å². The van der Waals surface area contributed by atoms with Crippen LogP contribution in [0.1, 0.15) is 251 Å². The van der Waals surface area contributed by atoms with Crippen LogP contribution in [0, 0.1) is 0 Å². The molecule has 3 unspecified atom stereocenters. The molecular weight excluding hydrogens is 876 g/mol. The molecule has 0 aliphatic rings. The average molecular weight is 988 g/mol. The Labute approximate surface area is 427 Å². The number of amides is 1. The van der Waals surface area contributed by atoms with Crippen molar-refractivity contribution >= 4 is 13.7 Å². The van der Waals surface area contributed by atoms with E-state index in [2.05, 4.69) is 79.9 Å². The van der Waals surface area contributed by atoms with Gasteiger partial charge in [-0.1, -0.05) is 260 Å². The third kappa shape index (κ3) is 53.6. The standard InChI is InChI=1S/C60H111N2O6P/c1-6-8-10-12-14-16-18-20-22-24-25-26-27-28-29-30-31-32-33-34-35-36-38-39-41-43-45-47-49-51-53-59(63)58(57-68-69(65,66)67-56-55-62(3,4)5)61-60(64)54-52-50-48-46-44-42-40-37-23-21-19-17-15-13-11-9-7-2/h9,11,15,17,21,23,40,42,46,48,51,53,58-59,63H,6-8,10,12-14,16,18-20,22,24-39,41,43-45,47,49-50,52,54-57H2,1-5H3,(H-,61,64,65,66)/b11-9-,17-15-,23-21-,42-40-,48-46-,53-51+. The molecule has 0 aromatic rings. The zero-order valence-corrected chi connectivity index (χ0v) is 46.6. The number of phosphoric acid groups is 1. The van der Waals surface area contributed by atoms with E-state index in [-0.39, 0.29) is 18.9 Å². The highest BCUT2D eigenvalue weighted by Gasteiger charge is 2.23. The van der Waals surface area contributed by atoms with Crippen LogP contribution >= 0.6 is 7.82 Å². The average Bonchev–Trinajstić information content (AvgIpc) is 3.31. The Balaban J connectivity index is 4.20. The van der Waals surface area contributed by atoms with Gasteiger partial charge >= 0.3 is 0 Å². The number of unbranched alkanes of at least 4 members (excludes halogenated alkanes) is 29. The zero-order valence-electron chi connectivity index (χ0n) is 45.8. The molecule has 0 fully saturated rings. The van der Waals surface area contributed by atoms with Gasteiger partial charge in [-0.15, -0.1) is 0 Å². The Morgan fingerprint density at radius 1 is 0.522 bits per heavy atom. The number of carbonyl (C=O) groups excluding carboxylic acids is 1. The minimum Gasteiger partial charge on any atom is -0.756 e. The number of carbonyl (C=O) groups is 1. The molecule has 69 heavy (non-hydrogen) atoms. The second-order valence-electron chi connectivity index (χ2n) is 20.6. The van der Waals surface area contributed by atoms with Gasteiger partial charge in [0.05, 0.1) is 39.9 Å². The molecule has 9 heteroatoms. The first kappa shape index (κ1) is 66.9. The largest absolute Gasteiger partial charge is 0.756 e. The highest BCUT2D eigenvalue weighted by Crippen LogP contribution is 2.38. The number of nitrogens with zero attached hydrogens (tertiary/aromatic N) is 1. The van der Waals surface area contributed by atoms with E-state index in [9.17, 15) is 19.4 Å². The molecule has 1 amide bonds. The molecule has 0 saturated carbocycles. The van der Waals surface area contributed by atoms with E-state index in [1.165, 1.54) is 167 Å². The Hall–Kier alpha value is -2.06. The van der Waals surface area contributed by atoms with Crippen molar-refractivity contribution in [2.75, 3.05) is 40.9 Å². The SMILES string of the molecule is CC/C=C\C/C=C\C/C=C\C/C=C\C/C=C\CCCC(=O)NC(COP(=O)([O-])OCC[N+](C)(C)C)C(O)/C=C/CCCCCCCCCCCCCCCCCCCCCCCCCCCCCC. The van der Waals surface area contributed by atoms with E-state index in [1.807, 2.05) is 27.2 Å². The summed E-state index contributed by atoms with van der Waals surface area (Å²) < 4.78 is 23.3. The molecule has 2 N–H and O–H groups in total. The van der Waals surface area contributed by atoms with E-state index in [0.29, 0.717) is 17.4 Å². The number of quaternary nitrogens is 1. The summed E-state index contributed by atoms with van der Waals surface area (Å²) in [4.78, 5) is 25.4. The smallest absolute Gasteiger partial charge is 0.268 e. The lowest BCUT2D eigenvalue weighted by Crippen LogP contribution is -2.45. The van der Waals surface area contributed by atoms with Crippen molar-refractivity contribution in [2.24, 2.45) is 0 Å². The Bertz CT molecular complexity index is 1350. The van der Waals surface area contributed by atoms with Crippen LogP contribution in [0.25, 0.3) is 0 Å². The first-order valence-corrected chi connectivity index (χ1v) is 30.3. The second-order valence-corrected chi connectivity index (χ2v) is 22.0. The number of aliphatic hydroxyl groups excluding tert-OH is 1. The molecule has 0 rings (SSSR count). The summed E-state index contributed by atoms with van der Waals surface area (Å²) in [6, 6.07) is -0.921. The maximum Gasteiger partial charge on any atom is 0.268 e. The van der Waals surface area contributed by atoms with Gasteiger partial charge in [0, 0.05) is 6.42 Å². The zero-order chi connectivity index (χ0) is 50.6. The molecule has 0 aromatic heterocycles.